The number of hydrogen-bond acceptors (Lipinski definition) is 2. The molecule has 3 aromatic carbocycles. The molecule has 0 unspecified atom stereocenters. The molecule has 2 nitrogen and oxygen atoms in total. The molecule has 0 fully saturated rings. The molecule has 0 spiro atoms. The molecule has 0 aromatic heterocycles. The van der Waals surface area contributed by atoms with Crippen LogP contribution in [0.1, 0.15) is 205 Å². The number of ether oxygens (including phenoxy) is 2. The molecule has 0 heterocycles. The average molecular weight is 879 g/mol. The van der Waals surface area contributed by atoms with Crippen LogP contribution < -0.4 is 0 Å². The first kappa shape index (κ1) is 54.9. The Labute approximate surface area is 403 Å². The zero-order chi connectivity index (χ0) is 46.5. The number of hydrogen-bond donors (Lipinski definition) is 0. The molecule has 0 atom stereocenters. The van der Waals surface area contributed by atoms with Gasteiger partial charge in [0.2, 0.25) is 0 Å². The third-order valence-corrected chi connectivity index (χ3v) is 11.2. The highest BCUT2D eigenvalue weighted by atomic mass is 16.5. The first-order valence-corrected chi connectivity index (χ1v) is 25.7. The molecule has 2 heteroatoms. The highest BCUT2D eigenvalue weighted by molar-refractivity contribution is 6.00. The van der Waals surface area contributed by atoms with E-state index < -0.39 is 0 Å². The predicted octanol–water partition coefficient (Wildman–Crippen LogP) is 16.0. The first-order chi connectivity index (χ1) is 32.8. The van der Waals surface area contributed by atoms with Crippen LogP contribution in [-0.4, -0.2) is 13.2 Å². The maximum Gasteiger partial charge on any atom is 0.0722 e. The molecular formula is C64H78O2. The fourth-order valence-electron chi connectivity index (χ4n) is 7.28. The highest BCUT2D eigenvalue weighted by Gasteiger charge is 2.07. The van der Waals surface area contributed by atoms with Crippen molar-refractivity contribution in [3.05, 3.63) is 59.7 Å². The van der Waals surface area contributed by atoms with Crippen LogP contribution in [0.15, 0.2) is 48.5 Å². The minimum absolute atomic E-state index is 0.641. The largest absolute Gasteiger partial charge is 0.377 e. The third-order valence-electron chi connectivity index (χ3n) is 11.2. The summed E-state index contributed by atoms with van der Waals surface area (Å²) < 4.78 is 12.4. The van der Waals surface area contributed by atoms with Crippen LogP contribution in [0.5, 0.6) is 0 Å². The Bertz CT molecular complexity index is 2150. The number of fused-ring (bicyclic) bond motifs is 2. The summed E-state index contributed by atoms with van der Waals surface area (Å²) in [7, 11) is 0. The molecule has 3 aromatic rings. The van der Waals surface area contributed by atoms with Crippen molar-refractivity contribution in [3.8, 4) is 94.7 Å². The van der Waals surface area contributed by atoms with Gasteiger partial charge in [0.05, 0.1) is 13.2 Å². The van der Waals surface area contributed by atoms with E-state index in [1.807, 2.05) is 0 Å². The fourth-order valence-corrected chi connectivity index (χ4v) is 7.28. The predicted molar refractivity (Wildman–Crippen MR) is 284 cm³/mol. The van der Waals surface area contributed by atoms with Crippen molar-refractivity contribution in [2.45, 2.75) is 207 Å². The Morgan fingerprint density at radius 3 is 0.909 bits per heavy atom. The molecular weight excluding hydrogens is 801 g/mol. The topological polar surface area (TPSA) is 18.5 Å². The molecule has 0 aliphatic rings. The van der Waals surface area contributed by atoms with Crippen molar-refractivity contribution in [3.63, 3.8) is 0 Å². The van der Waals surface area contributed by atoms with Gasteiger partial charge in [-0.05, 0) is 156 Å². The normalized spacial score (nSPS) is 9.85. The van der Waals surface area contributed by atoms with Crippen LogP contribution in [0.3, 0.4) is 0 Å². The van der Waals surface area contributed by atoms with Gasteiger partial charge in [-0.2, -0.15) is 0 Å². The van der Waals surface area contributed by atoms with Gasteiger partial charge in [-0.15, -0.1) is 0 Å². The molecule has 0 amide bonds. The van der Waals surface area contributed by atoms with Gasteiger partial charge in [0.25, 0.3) is 0 Å². The van der Waals surface area contributed by atoms with E-state index in [0.29, 0.717) is 13.2 Å². The van der Waals surface area contributed by atoms with Crippen molar-refractivity contribution < 1.29 is 9.47 Å². The summed E-state index contributed by atoms with van der Waals surface area (Å²) in [6, 6.07) is 17.8. The maximum absolute atomic E-state index is 6.18. The van der Waals surface area contributed by atoms with Gasteiger partial charge in [0.15, 0.2) is 0 Å². The van der Waals surface area contributed by atoms with Crippen molar-refractivity contribution in [1.29, 1.82) is 0 Å². The van der Waals surface area contributed by atoms with E-state index in [-0.39, 0.29) is 0 Å². The lowest BCUT2D eigenvalue weighted by atomic mass is 9.97. The van der Waals surface area contributed by atoms with E-state index in [2.05, 4.69) is 157 Å². The molecule has 0 bridgehead atoms. The zero-order valence-electron chi connectivity index (χ0n) is 41.1. The molecule has 0 aliphatic carbocycles. The molecule has 3 rings (SSSR count). The minimum atomic E-state index is 0.641. The summed E-state index contributed by atoms with van der Waals surface area (Å²) in [4.78, 5) is 0. The van der Waals surface area contributed by atoms with Crippen molar-refractivity contribution in [2.75, 3.05) is 13.2 Å². The van der Waals surface area contributed by atoms with Crippen molar-refractivity contribution >= 4 is 21.5 Å². The molecule has 66 heavy (non-hydrogen) atoms. The van der Waals surface area contributed by atoms with Crippen LogP contribution in [-0.2, 0) is 22.7 Å². The summed E-state index contributed by atoms with van der Waals surface area (Å²) >= 11 is 0. The summed E-state index contributed by atoms with van der Waals surface area (Å²) in [5, 5.41) is 5.06. The van der Waals surface area contributed by atoms with Gasteiger partial charge in [-0.25, -0.2) is 0 Å². The van der Waals surface area contributed by atoms with Crippen LogP contribution in [0.25, 0.3) is 21.5 Å². The van der Waals surface area contributed by atoms with Crippen LogP contribution in [0, 0.1) is 94.7 Å². The van der Waals surface area contributed by atoms with Gasteiger partial charge in [-0.3, -0.25) is 0 Å². The molecule has 0 saturated heterocycles. The molecule has 0 radical (unpaired) electrons. The number of benzene rings is 3. The van der Waals surface area contributed by atoms with E-state index in [1.165, 1.54) is 84.0 Å². The summed E-state index contributed by atoms with van der Waals surface area (Å²) in [5.41, 5.74) is 2.50. The Kier molecular flexibility index (Phi) is 34.1. The van der Waals surface area contributed by atoms with Crippen LogP contribution >= 0.6 is 0 Å². The van der Waals surface area contributed by atoms with E-state index in [0.717, 1.165) is 142 Å². The summed E-state index contributed by atoms with van der Waals surface area (Å²) in [6.07, 6.45) is 30.7. The van der Waals surface area contributed by atoms with Gasteiger partial charge < -0.3 is 9.47 Å². The first-order valence-electron chi connectivity index (χ1n) is 25.7. The second-order valence-corrected chi connectivity index (χ2v) is 17.0. The number of rotatable bonds is 30. The Morgan fingerprint density at radius 2 is 0.591 bits per heavy atom. The van der Waals surface area contributed by atoms with Crippen LogP contribution in [0.4, 0.5) is 0 Å². The molecule has 0 aliphatic heterocycles. The number of unbranched alkanes of at least 4 members (excludes halogenated alkanes) is 22. The van der Waals surface area contributed by atoms with Gasteiger partial charge >= 0.3 is 0 Å². The quantitative estimate of drug-likeness (QED) is 0.0377. The standard InChI is InChI=1S/C64H78O2/c1-3-5-7-9-11-13-15-17-19-21-23-25-27-29-31-33-35-37-39-41-43-45-53-65-57-61-51-47-49-59-56-64-60(55-63(59)61)50-48-52-62(64)58-66-54-46-44-42-40-38-36-34-32-30-28-26-24-22-20-18-16-14-12-10-8-6-4-2/h47-52,55-56H,3-8,17-26,35-46,53-54,57-58H2,1-2H3. The summed E-state index contributed by atoms with van der Waals surface area (Å²) in [5.74, 6) is 49.3. The monoisotopic (exact) mass is 879 g/mol. The summed E-state index contributed by atoms with van der Waals surface area (Å²) in [6.45, 7) is 7.23. The average Bonchev–Trinajstić information content (AvgIpc) is 3.33. The molecule has 0 saturated carbocycles. The lowest BCUT2D eigenvalue weighted by Gasteiger charge is -2.12. The second-order valence-electron chi connectivity index (χ2n) is 17.0. The van der Waals surface area contributed by atoms with Gasteiger partial charge in [0, 0.05) is 64.6 Å². The van der Waals surface area contributed by atoms with E-state index in [9.17, 15) is 0 Å². The minimum Gasteiger partial charge on any atom is -0.377 e. The zero-order valence-corrected chi connectivity index (χ0v) is 41.1. The third kappa shape index (κ3) is 28.5. The SMILES string of the molecule is CCCCC#CC#CCCCCCC#CC#CCCCCCCCOCc1cccc2cc3c(COCCCCCCCC#CC#CCCCCCC#CC#CCCCC)cccc3cc12. The molecule has 0 N–H and O–H groups in total. The Morgan fingerprint density at radius 1 is 0.318 bits per heavy atom. The smallest absolute Gasteiger partial charge is 0.0722 e. The second kappa shape index (κ2) is 41.0. The van der Waals surface area contributed by atoms with Gasteiger partial charge in [0.1, 0.15) is 0 Å². The fraction of sp³-hybridized carbons (Fsp3) is 0.531. The van der Waals surface area contributed by atoms with Crippen LogP contribution in [0.2, 0.25) is 0 Å². The van der Waals surface area contributed by atoms with E-state index in [4.69, 9.17) is 9.47 Å². The van der Waals surface area contributed by atoms with Crippen molar-refractivity contribution in [1.82, 2.24) is 0 Å². The Hall–Kier alpha value is -5.42. The maximum atomic E-state index is 6.18. The Balaban J connectivity index is 1.19. The highest BCUT2D eigenvalue weighted by Crippen LogP contribution is 2.29. The molecule has 346 valence electrons. The lowest BCUT2D eigenvalue weighted by molar-refractivity contribution is 0.117. The van der Waals surface area contributed by atoms with Gasteiger partial charge in [-0.1, -0.05) is 162 Å². The van der Waals surface area contributed by atoms with E-state index >= 15 is 0 Å². The lowest BCUT2D eigenvalue weighted by Crippen LogP contribution is -1.98. The van der Waals surface area contributed by atoms with Crippen molar-refractivity contribution in [2.24, 2.45) is 0 Å². The van der Waals surface area contributed by atoms with E-state index in [1.54, 1.807) is 0 Å².